The summed E-state index contributed by atoms with van der Waals surface area (Å²) in [7, 11) is 3.12. The molecule has 164 valence electrons. The number of nitrogens with zero attached hydrogens (tertiary/aromatic N) is 1. The minimum absolute atomic E-state index is 0.0239. The summed E-state index contributed by atoms with van der Waals surface area (Å²) in [6, 6.07) is 17.0. The third kappa shape index (κ3) is 3.85. The number of methoxy groups -OCH3 is 2. The molecule has 1 unspecified atom stereocenters. The molecule has 1 aliphatic heterocycles. The Hall–Kier alpha value is -4.00. The van der Waals surface area contributed by atoms with E-state index >= 15 is 0 Å². The topological polar surface area (TPSA) is 89.2 Å². The predicted molar refractivity (Wildman–Crippen MR) is 117 cm³/mol. The number of furan rings is 1. The minimum atomic E-state index is -0.811. The van der Waals surface area contributed by atoms with E-state index in [0.717, 1.165) is 11.3 Å². The van der Waals surface area contributed by atoms with Crippen molar-refractivity contribution >= 4 is 11.7 Å². The lowest BCUT2D eigenvalue weighted by atomic mass is 9.94. The Labute approximate surface area is 185 Å². The number of hydrogen-bond acceptors (Lipinski definition) is 6. The van der Waals surface area contributed by atoms with Gasteiger partial charge in [-0.05, 0) is 42.3 Å². The highest BCUT2D eigenvalue weighted by Crippen LogP contribution is 2.42. The predicted octanol–water partition coefficient (Wildman–Crippen LogP) is 4.12. The van der Waals surface area contributed by atoms with Gasteiger partial charge >= 0.3 is 0 Å². The molecule has 1 amide bonds. The highest BCUT2D eigenvalue weighted by Gasteiger charge is 2.45. The molecular formula is C25H23NO6. The molecule has 0 aliphatic carbocycles. The van der Waals surface area contributed by atoms with Crippen LogP contribution in [0.25, 0.3) is 0 Å². The molecule has 0 radical (unpaired) electrons. The van der Waals surface area contributed by atoms with Gasteiger partial charge in [-0.25, -0.2) is 0 Å². The van der Waals surface area contributed by atoms with Crippen LogP contribution in [0.15, 0.2) is 82.7 Å². The summed E-state index contributed by atoms with van der Waals surface area (Å²) in [5, 5.41) is 10.7. The lowest BCUT2D eigenvalue weighted by Crippen LogP contribution is -2.33. The van der Waals surface area contributed by atoms with Crippen LogP contribution in [0.3, 0.4) is 0 Å². The molecule has 3 aromatic rings. The third-order valence-electron chi connectivity index (χ3n) is 5.53. The number of amides is 1. The highest BCUT2D eigenvalue weighted by atomic mass is 16.5. The van der Waals surface area contributed by atoms with Gasteiger partial charge in [0.25, 0.3) is 5.91 Å². The zero-order valence-corrected chi connectivity index (χ0v) is 17.8. The smallest absolute Gasteiger partial charge is 0.290 e. The number of para-hydroxylation sites is 1. The van der Waals surface area contributed by atoms with Gasteiger partial charge in [-0.2, -0.15) is 0 Å². The molecule has 2 heterocycles. The normalized spacial score (nSPS) is 15.9. The van der Waals surface area contributed by atoms with Gasteiger partial charge in [0.15, 0.2) is 11.5 Å². The number of benzene rings is 2. The maximum atomic E-state index is 13.2. The highest BCUT2D eigenvalue weighted by molar-refractivity contribution is 6.15. The Bertz CT molecular complexity index is 1150. The number of rotatable bonds is 8. The second-order valence-corrected chi connectivity index (χ2v) is 7.31. The lowest BCUT2D eigenvalue weighted by Gasteiger charge is -2.28. The first kappa shape index (κ1) is 21.2. The van der Waals surface area contributed by atoms with E-state index in [4.69, 9.17) is 13.9 Å². The van der Waals surface area contributed by atoms with Gasteiger partial charge in [-0.1, -0.05) is 30.3 Å². The van der Waals surface area contributed by atoms with Crippen molar-refractivity contribution in [2.45, 2.75) is 12.5 Å². The second kappa shape index (κ2) is 9.01. The van der Waals surface area contributed by atoms with Crippen molar-refractivity contribution in [3.63, 3.8) is 0 Å². The molecule has 1 atom stereocenters. The average Bonchev–Trinajstić information content (AvgIpc) is 3.45. The molecule has 32 heavy (non-hydrogen) atoms. The van der Waals surface area contributed by atoms with Gasteiger partial charge in [0, 0.05) is 12.1 Å². The van der Waals surface area contributed by atoms with Crippen molar-refractivity contribution in [2.75, 3.05) is 20.8 Å². The summed E-state index contributed by atoms with van der Waals surface area (Å²) >= 11 is 0. The van der Waals surface area contributed by atoms with E-state index in [1.807, 2.05) is 24.3 Å². The van der Waals surface area contributed by atoms with Gasteiger partial charge in [-0.15, -0.1) is 0 Å². The zero-order valence-electron chi connectivity index (χ0n) is 17.8. The van der Waals surface area contributed by atoms with Gasteiger partial charge in [0.1, 0.15) is 11.5 Å². The van der Waals surface area contributed by atoms with Crippen LogP contribution in [-0.2, 0) is 11.2 Å². The van der Waals surface area contributed by atoms with E-state index in [2.05, 4.69) is 0 Å². The average molecular weight is 433 g/mol. The molecule has 4 rings (SSSR count). The number of carbonyl (C=O) groups excluding carboxylic acids is 2. The fourth-order valence-corrected chi connectivity index (χ4v) is 3.91. The van der Waals surface area contributed by atoms with E-state index in [1.54, 1.807) is 37.4 Å². The Morgan fingerprint density at radius 2 is 1.78 bits per heavy atom. The molecule has 7 nitrogen and oxygen atoms in total. The molecule has 0 spiro atoms. The summed E-state index contributed by atoms with van der Waals surface area (Å²) < 4.78 is 15.9. The van der Waals surface area contributed by atoms with Crippen LogP contribution in [0.5, 0.6) is 11.5 Å². The first-order valence-corrected chi connectivity index (χ1v) is 10.1. The number of carbonyl (C=O) groups is 2. The molecule has 0 bridgehead atoms. The van der Waals surface area contributed by atoms with Gasteiger partial charge in [-0.3, -0.25) is 9.59 Å². The quantitative estimate of drug-likeness (QED) is 0.538. The molecule has 0 saturated heterocycles. The molecule has 0 fully saturated rings. The lowest BCUT2D eigenvalue weighted by molar-refractivity contribution is -0.129. The fraction of sp³-hybridized carbons (Fsp3) is 0.200. The number of aliphatic hydroxyl groups excluding tert-OH is 1. The molecular weight excluding hydrogens is 410 g/mol. The van der Waals surface area contributed by atoms with Crippen molar-refractivity contribution in [1.82, 2.24) is 4.90 Å². The van der Waals surface area contributed by atoms with Crippen molar-refractivity contribution < 1.29 is 28.6 Å². The molecule has 1 N–H and O–H groups in total. The van der Waals surface area contributed by atoms with E-state index in [1.165, 1.54) is 24.3 Å². The summed E-state index contributed by atoms with van der Waals surface area (Å²) in [4.78, 5) is 27.8. The van der Waals surface area contributed by atoms with Gasteiger partial charge < -0.3 is 23.9 Å². The summed E-state index contributed by atoms with van der Waals surface area (Å²) in [5.74, 6) is -0.413. The standard InChI is InChI=1S/C25H23NO6/c1-30-17-11-9-16(10-12-17)13-14-26-22(18-6-3-4-7-19(18)31-2)21(24(28)25(26)29)23(27)20-8-5-15-32-20/h3-12,15,22,28H,13-14H2,1-2H3. The third-order valence-corrected chi connectivity index (χ3v) is 5.53. The SMILES string of the molecule is COc1ccc(CCN2C(=O)C(O)=C(C(=O)c3ccco3)C2c2ccccc2OC)cc1. The zero-order chi connectivity index (χ0) is 22.7. The first-order valence-electron chi connectivity index (χ1n) is 10.1. The maximum Gasteiger partial charge on any atom is 0.290 e. The Balaban J connectivity index is 1.71. The van der Waals surface area contributed by atoms with E-state index in [-0.39, 0.29) is 17.9 Å². The van der Waals surface area contributed by atoms with Crippen LogP contribution in [0.2, 0.25) is 0 Å². The molecule has 7 heteroatoms. The van der Waals surface area contributed by atoms with Crippen LogP contribution >= 0.6 is 0 Å². The van der Waals surface area contributed by atoms with E-state index in [9.17, 15) is 14.7 Å². The summed E-state index contributed by atoms with van der Waals surface area (Å²) in [5.41, 5.74) is 1.57. The van der Waals surface area contributed by atoms with E-state index in [0.29, 0.717) is 17.7 Å². The summed E-state index contributed by atoms with van der Waals surface area (Å²) in [6.07, 6.45) is 1.90. The van der Waals surface area contributed by atoms with Crippen LogP contribution in [-0.4, -0.2) is 42.5 Å². The van der Waals surface area contributed by atoms with Crippen molar-refractivity contribution in [3.8, 4) is 11.5 Å². The van der Waals surface area contributed by atoms with Crippen molar-refractivity contribution in [2.24, 2.45) is 0 Å². The maximum absolute atomic E-state index is 13.2. The molecule has 1 aromatic heterocycles. The number of ketones is 1. The Kier molecular flexibility index (Phi) is 5.98. The number of hydrogen-bond donors (Lipinski definition) is 1. The van der Waals surface area contributed by atoms with Crippen LogP contribution in [0.4, 0.5) is 0 Å². The second-order valence-electron chi connectivity index (χ2n) is 7.31. The number of aliphatic hydroxyl groups is 1. The first-order chi connectivity index (χ1) is 15.5. The van der Waals surface area contributed by atoms with Crippen LogP contribution in [0, 0.1) is 0 Å². The van der Waals surface area contributed by atoms with Crippen LogP contribution in [0.1, 0.15) is 27.7 Å². The Morgan fingerprint density at radius 1 is 1.03 bits per heavy atom. The van der Waals surface area contributed by atoms with E-state index < -0.39 is 23.5 Å². The number of Topliss-reactive ketones (excluding diaryl/α,β-unsaturated/α-hetero) is 1. The van der Waals surface area contributed by atoms with Crippen molar-refractivity contribution in [3.05, 3.63) is 95.1 Å². The molecule has 2 aromatic carbocycles. The molecule has 0 saturated carbocycles. The van der Waals surface area contributed by atoms with Gasteiger partial charge in [0.05, 0.1) is 32.1 Å². The largest absolute Gasteiger partial charge is 0.503 e. The van der Waals surface area contributed by atoms with Gasteiger partial charge in [0.2, 0.25) is 5.78 Å². The summed E-state index contributed by atoms with van der Waals surface area (Å²) in [6.45, 7) is 0.285. The Morgan fingerprint density at radius 3 is 2.44 bits per heavy atom. The van der Waals surface area contributed by atoms with Crippen molar-refractivity contribution in [1.29, 1.82) is 0 Å². The number of ether oxygens (including phenoxy) is 2. The van der Waals surface area contributed by atoms with Crippen LogP contribution < -0.4 is 9.47 Å². The molecule has 1 aliphatic rings. The minimum Gasteiger partial charge on any atom is -0.503 e. The monoisotopic (exact) mass is 433 g/mol. The fourth-order valence-electron chi connectivity index (χ4n) is 3.91.